The number of carbonyl (C=O) groups is 3. The van der Waals surface area contributed by atoms with Gasteiger partial charge >= 0.3 is 11.9 Å². The number of aryl methyl sites for hydroxylation is 1. The molecule has 3 rings (SSSR count). The number of methoxy groups -OCH3 is 2. The van der Waals surface area contributed by atoms with Gasteiger partial charge in [0.25, 0.3) is 5.91 Å². The van der Waals surface area contributed by atoms with Gasteiger partial charge in [-0.3, -0.25) is 9.20 Å². The van der Waals surface area contributed by atoms with Crippen LogP contribution in [0, 0.1) is 6.92 Å². The van der Waals surface area contributed by atoms with Gasteiger partial charge in [-0.05, 0) is 53.2 Å². The lowest BCUT2D eigenvalue weighted by atomic mass is 10.1. The van der Waals surface area contributed by atoms with E-state index in [1.807, 2.05) is 6.07 Å². The highest BCUT2D eigenvalue weighted by Gasteiger charge is 2.19. The Kier molecular flexibility index (Phi) is 5.46. The van der Waals surface area contributed by atoms with Crippen molar-refractivity contribution in [2.24, 2.45) is 0 Å². The van der Waals surface area contributed by atoms with Crippen molar-refractivity contribution in [3.8, 4) is 0 Å². The van der Waals surface area contributed by atoms with Crippen molar-refractivity contribution in [1.82, 2.24) is 9.38 Å². The monoisotopic (exact) mass is 445 g/mol. The van der Waals surface area contributed by atoms with Crippen molar-refractivity contribution in [2.45, 2.75) is 6.92 Å². The van der Waals surface area contributed by atoms with Gasteiger partial charge in [-0.1, -0.05) is 0 Å². The van der Waals surface area contributed by atoms with Crippen molar-refractivity contribution < 1.29 is 23.9 Å². The van der Waals surface area contributed by atoms with Crippen LogP contribution in [0.1, 0.15) is 36.9 Å². The second-order valence-corrected chi connectivity index (χ2v) is 6.77. The quantitative estimate of drug-likeness (QED) is 0.618. The number of hydrogen-bond acceptors (Lipinski definition) is 6. The molecule has 1 N–H and O–H groups in total. The van der Waals surface area contributed by atoms with Crippen LogP contribution in [-0.2, 0) is 9.47 Å². The summed E-state index contributed by atoms with van der Waals surface area (Å²) in [5, 5.41) is 2.70. The number of nitrogens with zero attached hydrogens (tertiary/aromatic N) is 2. The predicted octanol–water partition coefficient (Wildman–Crippen LogP) is 3.23. The normalized spacial score (nSPS) is 10.6. The van der Waals surface area contributed by atoms with E-state index in [0.717, 1.165) is 4.47 Å². The lowest BCUT2D eigenvalue weighted by Crippen LogP contribution is -2.17. The van der Waals surface area contributed by atoms with E-state index in [2.05, 4.69) is 26.2 Å². The van der Waals surface area contributed by atoms with Crippen molar-refractivity contribution in [3.63, 3.8) is 0 Å². The zero-order chi connectivity index (χ0) is 20.4. The fourth-order valence-electron chi connectivity index (χ4n) is 2.77. The minimum atomic E-state index is -0.642. The first-order valence-electron chi connectivity index (χ1n) is 8.11. The number of aromatic nitrogens is 2. The lowest BCUT2D eigenvalue weighted by molar-refractivity contribution is 0.0599. The van der Waals surface area contributed by atoms with Gasteiger partial charge in [-0.2, -0.15) is 0 Å². The number of esters is 2. The average molecular weight is 446 g/mol. The number of ether oxygens (including phenoxy) is 2. The summed E-state index contributed by atoms with van der Waals surface area (Å²) in [7, 11) is 2.45. The second kappa shape index (κ2) is 7.81. The fraction of sp³-hybridized carbons (Fsp3) is 0.158. The third-order valence-corrected chi connectivity index (χ3v) is 4.47. The molecule has 1 amide bonds. The molecule has 0 fully saturated rings. The van der Waals surface area contributed by atoms with E-state index in [1.54, 1.807) is 23.6 Å². The van der Waals surface area contributed by atoms with Gasteiger partial charge in [0.05, 0.1) is 31.0 Å². The Hall–Kier alpha value is -3.20. The van der Waals surface area contributed by atoms with Crippen LogP contribution in [-0.4, -0.2) is 41.5 Å². The minimum Gasteiger partial charge on any atom is -0.465 e. The Morgan fingerprint density at radius 3 is 2.21 bits per heavy atom. The molecule has 2 heterocycles. The number of benzene rings is 1. The molecule has 8 nitrogen and oxygen atoms in total. The molecule has 0 aliphatic carbocycles. The number of anilines is 1. The molecule has 0 aliphatic heterocycles. The zero-order valence-corrected chi connectivity index (χ0v) is 16.9. The fourth-order valence-corrected chi connectivity index (χ4v) is 3.11. The van der Waals surface area contributed by atoms with E-state index < -0.39 is 17.8 Å². The van der Waals surface area contributed by atoms with Crippen LogP contribution in [0.15, 0.2) is 41.0 Å². The standard InChI is InChI=1S/C19H16BrN3O5/c1-10-16(23-9-13(20)4-5-15(23)21-10)17(24)22-14-7-11(18(25)27-2)6-12(8-14)19(26)28-3/h4-9H,1-3H3,(H,22,24). The van der Waals surface area contributed by atoms with Crippen molar-refractivity contribution in [2.75, 3.05) is 19.5 Å². The zero-order valence-electron chi connectivity index (χ0n) is 15.3. The molecule has 0 unspecified atom stereocenters. The van der Waals surface area contributed by atoms with E-state index in [9.17, 15) is 14.4 Å². The van der Waals surface area contributed by atoms with Crippen LogP contribution < -0.4 is 5.32 Å². The molecule has 0 radical (unpaired) electrons. The van der Waals surface area contributed by atoms with E-state index in [-0.39, 0.29) is 16.8 Å². The molecule has 0 bridgehead atoms. The van der Waals surface area contributed by atoms with Crippen LogP contribution in [0.5, 0.6) is 0 Å². The van der Waals surface area contributed by atoms with Crippen molar-refractivity contribution >= 4 is 45.1 Å². The van der Waals surface area contributed by atoms with Crippen LogP contribution in [0.25, 0.3) is 5.65 Å². The van der Waals surface area contributed by atoms with Crippen LogP contribution in [0.3, 0.4) is 0 Å². The van der Waals surface area contributed by atoms with Gasteiger partial charge in [0, 0.05) is 16.4 Å². The molecule has 144 valence electrons. The number of pyridine rings is 1. The first kappa shape index (κ1) is 19.6. The number of hydrogen-bond donors (Lipinski definition) is 1. The smallest absolute Gasteiger partial charge is 0.337 e. The Morgan fingerprint density at radius 2 is 1.64 bits per heavy atom. The number of carbonyl (C=O) groups excluding carboxylic acids is 3. The molecule has 9 heteroatoms. The Labute approximate surface area is 168 Å². The van der Waals surface area contributed by atoms with Gasteiger partial charge < -0.3 is 14.8 Å². The average Bonchev–Trinajstić information content (AvgIpc) is 3.01. The molecule has 28 heavy (non-hydrogen) atoms. The van der Waals surface area contributed by atoms with Gasteiger partial charge in [-0.25, -0.2) is 14.6 Å². The molecule has 2 aromatic heterocycles. The van der Waals surface area contributed by atoms with Gasteiger partial charge in [0.2, 0.25) is 0 Å². The first-order chi connectivity index (χ1) is 13.3. The molecule has 1 aromatic carbocycles. The number of rotatable bonds is 4. The van der Waals surface area contributed by atoms with E-state index in [1.165, 1.54) is 32.4 Å². The summed E-state index contributed by atoms with van der Waals surface area (Å²) in [5.74, 6) is -1.73. The predicted molar refractivity (Wildman–Crippen MR) is 105 cm³/mol. The number of amides is 1. The topological polar surface area (TPSA) is 99.0 Å². The summed E-state index contributed by atoms with van der Waals surface area (Å²) in [6, 6.07) is 7.78. The SMILES string of the molecule is COC(=O)c1cc(NC(=O)c2c(C)nc3ccc(Br)cn23)cc(C(=O)OC)c1. The third-order valence-electron chi connectivity index (χ3n) is 4.00. The Bertz CT molecular complexity index is 1070. The summed E-state index contributed by atoms with van der Waals surface area (Å²) in [5.41, 5.74) is 1.95. The van der Waals surface area contributed by atoms with E-state index >= 15 is 0 Å². The van der Waals surface area contributed by atoms with E-state index in [0.29, 0.717) is 17.0 Å². The molecule has 0 spiro atoms. The highest BCUT2D eigenvalue weighted by Crippen LogP contribution is 2.21. The summed E-state index contributed by atoms with van der Waals surface area (Å²) in [4.78, 5) is 41.1. The maximum atomic E-state index is 12.9. The number of imidazole rings is 1. The number of halogens is 1. The summed E-state index contributed by atoms with van der Waals surface area (Å²) in [6.07, 6.45) is 1.73. The van der Waals surface area contributed by atoms with Gasteiger partial charge in [-0.15, -0.1) is 0 Å². The molecule has 0 aliphatic rings. The minimum absolute atomic E-state index is 0.110. The molecule has 0 atom stereocenters. The van der Waals surface area contributed by atoms with Crippen molar-refractivity contribution in [1.29, 1.82) is 0 Å². The maximum absolute atomic E-state index is 12.9. The third kappa shape index (κ3) is 3.74. The van der Waals surface area contributed by atoms with Crippen LogP contribution in [0.4, 0.5) is 5.69 Å². The molecule has 0 saturated carbocycles. The van der Waals surface area contributed by atoms with Crippen LogP contribution >= 0.6 is 15.9 Å². The first-order valence-corrected chi connectivity index (χ1v) is 8.90. The van der Waals surface area contributed by atoms with Gasteiger partial charge in [0.15, 0.2) is 0 Å². The number of fused-ring (bicyclic) bond motifs is 1. The summed E-state index contributed by atoms with van der Waals surface area (Å²) >= 11 is 3.38. The highest BCUT2D eigenvalue weighted by molar-refractivity contribution is 9.10. The number of nitrogens with one attached hydrogen (secondary N) is 1. The lowest BCUT2D eigenvalue weighted by Gasteiger charge is -2.10. The molecule has 3 aromatic rings. The second-order valence-electron chi connectivity index (χ2n) is 5.86. The molecular formula is C19H16BrN3O5. The highest BCUT2D eigenvalue weighted by atomic mass is 79.9. The maximum Gasteiger partial charge on any atom is 0.337 e. The Balaban J connectivity index is 2.02. The van der Waals surface area contributed by atoms with Crippen molar-refractivity contribution in [3.05, 3.63) is 63.5 Å². The largest absolute Gasteiger partial charge is 0.465 e. The van der Waals surface area contributed by atoms with Gasteiger partial charge in [0.1, 0.15) is 11.3 Å². The molecule has 0 saturated heterocycles. The van der Waals surface area contributed by atoms with Crippen LogP contribution in [0.2, 0.25) is 0 Å². The summed E-state index contributed by atoms with van der Waals surface area (Å²) in [6.45, 7) is 1.72. The summed E-state index contributed by atoms with van der Waals surface area (Å²) < 4.78 is 11.8. The molecular weight excluding hydrogens is 430 g/mol. The Morgan fingerprint density at radius 1 is 1.04 bits per heavy atom. The van der Waals surface area contributed by atoms with E-state index in [4.69, 9.17) is 9.47 Å².